The first-order chi connectivity index (χ1) is 10.3. The van der Waals surface area contributed by atoms with E-state index in [4.69, 9.17) is 11.6 Å². The lowest BCUT2D eigenvalue weighted by Crippen LogP contribution is -2.43. The number of hydrogen-bond acceptors (Lipinski definition) is 3. The number of guanidine groups is 1. The van der Waals surface area contributed by atoms with Gasteiger partial charge in [0.25, 0.3) is 0 Å². The number of rotatable bonds is 7. The van der Waals surface area contributed by atoms with E-state index in [-0.39, 0.29) is 11.8 Å². The smallest absolute Gasteiger partial charge is 0.191 e. The molecule has 124 valence electrons. The van der Waals surface area contributed by atoms with Gasteiger partial charge in [-0.05, 0) is 31.4 Å². The Morgan fingerprint density at radius 1 is 1.36 bits per heavy atom. The molecule has 0 aliphatic rings. The van der Waals surface area contributed by atoms with Gasteiger partial charge in [0.1, 0.15) is 9.84 Å². The molecule has 0 spiro atoms. The lowest BCUT2D eigenvalue weighted by atomic mass is 10.1. The van der Waals surface area contributed by atoms with Crippen molar-refractivity contribution in [3.05, 3.63) is 34.9 Å². The van der Waals surface area contributed by atoms with Gasteiger partial charge in [0.05, 0.1) is 5.75 Å². The predicted octanol–water partition coefficient (Wildman–Crippen LogP) is 1.87. The van der Waals surface area contributed by atoms with Crippen LogP contribution < -0.4 is 10.6 Å². The average molecular weight is 346 g/mol. The van der Waals surface area contributed by atoms with E-state index in [1.807, 2.05) is 31.2 Å². The van der Waals surface area contributed by atoms with Crippen molar-refractivity contribution < 1.29 is 8.42 Å². The van der Waals surface area contributed by atoms with Gasteiger partial charge in [-0.2, -0.15) is 0 Å². The van der Waals surface area contributed by atoms with Crippen LogP contribution >= 0.6 is 11.6 Å². The van der Waals surface area contributed by atoms with Gasteiger partial charge in [-0.15, -0.1) is 0 Å². The Kier molecular flexibility index (Phi) is 7.68. The standard InChI is InChI=1S/C15H24ClN3O2S/c1-12(9-11-22(3,20)21)19-15(17-2)18-10-8-13-6-4-5-7-14(13)16/h4-7,12H,8-11H2,1-3H3,(H2,17,18,19). The third-order valence-electron chi connectivity index (χ3n) is 3.17. The van der Waals surface area contributed by atoms with Gasteiger partial charge in [0, 0.05) is 30.9 Å². The molecule has 5 nitrogen and oxygen atoms in total. The Balaban J connectivity index is 2.38. The molecule has 0 aliphatic carbocycles. The summed E-state index contributed by atoms with van der Waals surface area (Å²) in [5.74, 6) is 0.825. The van der Waals surface area contributed by atoms with Crippen LogP contribution in [0, 0.1) is 0 Å². The highest BCUT2D eigenvalue weighted by Gasteiger charge is 2.09. The zero-order valence-corrected chi connectivity index (χ0v) is 14.8. The molecule has 22 heavy (non-hydrogen) atoms. The SMILES string of the molecule is CN=C(NCCc1ccccc1Cl)NC(C)CCS(C)(=O)=O. The number of halogens is 1. The third kappa shape index (κ3) is 7.66. The first-order valence-corrected chi connectivity index (χ1v) is 9.64. The van der Waals surface area contributed by atoms with Crippen molar-refractivity contribution in [1.29, 1.82) is 0 Å². The summed E-state index contributed by atoms with van der Waals surface area (Å²) < 4.78 is 22.3. The molecule has 0 bridgehead atoms. The van der Waals surface area contributed by atoms with E-state index in [0.717, 1.165) is 17.0 Å². The monoisotopic (exact) mass is 345 g/mol. The largest absolute Gasteiger partial charge is 0.356 e. The van der Waals surface area contributed by atoms with Gasteiger partial charge in [-0.1, -0.05) is 29.8 Å². The zero-order valence-electron chi connectivity index (χ0n) is 13.3. The highest BCUT2D eigenvalue weighted by Crippen LogP contribution is 2.14. The van der Waals surface area contributed by atoms with Gasteiger partial charge >= 0.3 is 0 Å². The first-order valence-electron chi connectivity index (χ1n) is 7.20. The Hall–Kier alpha value is -1.27. The molecule has 0 aromatic heterocycles. The van der Waals surface area contributed by atoms with Crippen LogP contribution in [0.1, 0.15) is 18.9 Å². The van der Waals surface area contributed by atoms with Crippen LogP contribution in [-0.2, 0) is 16.3 Å². The summed E-state index contributed by atoms with van der Waals surface area (Å²) in [7, 11) is -1.25. The van der Waals surface area contributed by atoms with E-state index in [2.05, 4.69) is 15.6 Å². The molecular formula is C15H24ClN3O2S. The van der Waals surface area contributed by atoms with Crippen LogP contribution in [0.25, 0.3) is 0 Å². The summed E-state index contributed by atoms with van der Waals surface area (Å²) in [6.07, 6.45) is 2.58. The number of hydrogen-bond donors (Lipinski definition) is 2. The molecule has 7 heteroatoms. The first kappa shape index (κ1) is 18.8. The summed E-state index contributed by atoms with van der Waals surface area (Å²) >= 11 is 6.11. The van der Waals surface area contributed by atoms with Crippen molar-refractivity contribution in [2.24, 2.45) is 4.99 Å². The molecule has 2 N–H and O–H groups in total. The molecule has 0 radical (unpaired) electrons. The van der Waals surface area contributed by atoms with Crippen LogP contribution in [0.3, 0.4) is 0 Å². The highest BCUT2D eigenvalue weighted by atomic mass is 35.5. The minimum atomic E-state index is -2.93. The van der Waals surface area contributed by atoms with E-state index < -0.39 is 9.84 Å². The molecule has 1 atom stereocenters. The zero-order chi connectivity index (χ0) is 16.6. The molecule has 0 aliphatic heterocycles. The third-order valence-corrected chi connectivity index (χ3v) is 4.52. The fraction of sp³-hybridized carbons (Fsp3) is 0.533. The molecule has 1 aromatic carbocycles. The average Bonchev–Trinajstić information content (AvgIpc) is 2.45. The molecule has 0 amide bonds. The molecule has 0 saturated carbocycles. The van der Waals surface area contributed by atoms with Crippen molar-refractivity contribution in [2.75, 3.05) is 25.6 Å². The maximum absolute atomic E-state index is 11.2. The number of nitrogens with one attached hydrogen (secondary N) is 2. The van der Waals surface area contributed by atoms with Gasteiger partial charge in [0.15, 0.2) is 5.96 Å². The molecule has 0 heterocycles. The number of sulfone groups is 1. The van der Waals surface area contributed by atoms with E-state index in [1.54, 1.807) is 7.05 Å². The van der Waals surface area contributed by atoms with Crippen molar-refractivity contribution in [3.63, 3.8) is 0 Å². The molecule has 1 unspecified atom stereocenters. The topological polar surface area (TPSA) is 70.6 Å². The lowest BCUT2D eigenvalue weighted by molar-refractivity contribution is 0.581. The van der Waals surface area contributed by atoms with Crippen molar-refractivity contribution in [2.45, 2.75) is 25.8 Å². The Labute approximate surface area is 138 Å². The molecule has 0 fully saturated rings. The summed E-state index contributed by atoms with van der Waals surface area (Å²) in [5.41, 5.74) is 1.08. The fourth-order valence-corrected chi connectivity index (χ4v) is 2.92. The molecular weight excluding hydrogens is 322 g/mol. The van der Waals surface area contributed by atoms with E-state index in [1.165, 1.54) is 6.26 Å². The summed E-state index contributed by atoms with van der Waals surface area (Å²) in [4.78, 5) is 4.14. The van der Waals surface area contributed by atoms with Crippen molar-refractivity contribution in [3.8, 4) is 0 Å². The Morgan fingerprint density at radius 3 is 2.64 bits per heavy atom. The summed E-state index contributed by atoms with van der Waals surface area (Å²) in [6, 6.07) is 7.76. The van der Waals surface area contributed by atoms with Crippen LogP contribution in [-0.4, -0.2) is 46.0 Å². The molecule has 1 aromatic rings. The van der Waals surface area contributed by atoms with E-state index in [0.29, 0.717) is 18.9 Å². The van der Waals surface area contributed by atoms with Crippen LogP contribution in [0.2, 0.25) is 5.02 Å². The van der Waals surface area contributed by atoms with Crippen molar-refractivity contribution in [1.82, 2.24) is 10.6 Å². The predicted molar refractivity (Wildman–Crippen MR) is 93.4 cm³/mol. The van der Waals surface area contributed by atoms with Gasteiger partial charge < -0.3 is 10.6 Å². The van der Waals surface area contributed by atoms with Gasteiger partial charge in [-0.25, -0.2) is 8.42 Å². The second-order valence-corrected chi connectivity index (χ2v) is 7.97. The maximum Gasteiger partial charge on any atom is 0.191 e. The van der Waals surface area contributed by atoms with Gasteiger partial charge in [-0.3, -0.25) is 4.99 Å². The molecule has 1 rings (SSSR count). The second kappa shape index (κ2) is 9.00. The maximum atomic E-state index is 11.2. The Bertz CT molecular complexity index is 603. The van der Waals surface area contributed by atoms with Gasteiger partial charge in [0.2, 0.25) is 0 Å². The number of benzene rings is 1. The van der Waals surface area contributed by atoms with Crippen molar-refractivity contribution >= 4 is 27.4 Å². The van der Waals surface area contributed by atoms with Crippen LogP contribution in [0.4, 0.5) is 0 Å². The normalized spacial score (nSPS) is 13.7. The number of nitrogens with zero attached hydrogens (tertiary/aromatic N) is 1. The number of aliphatic imine (C=N–C) groups is 1. The summed E-state index contributed by atoms with van der Waals surface area (Å²) in [6.45, 7) is 2.63. The van der Waals surface area contributed by atoms with Crippen LogP contribution in [0.5, 0.6) is 0 Å². The second-order valence-electron chi connectivity index (χ2n) is 5.30. The molecule has 0 saturated heterocycles. The minimum Gasteiger partial charge on any atom is -0.356 e. The lowest BCUT2D eigenvalue weighted by Gasteiger charge is -2.17. The summed E-state index contributed by atoms with van der Waals surface area (Å²) in [5, 5.41) is 7.14. The van der Waals surface area contributed by atoms with E-state index >= 15 is 0 Å². The fourth-order valence-electron chi connectivity index (χ4n) is 1.91. The van der Waals surface area contributed by atoms with Crippen LogP contribution in [0.15, 0.2) is 29.3 Å². The highest BCUT2D eigenvalue weighted by molar-refractivity contribution is 7.90. The van der Waals surface area contributed by atoms with E-state index in [9.17, 15) is 8.42 Å². The Morgan fingerprint density at radius 2 is 2.05 bits per heavy atom. The minimum absolute atomic E-state index is 0.0289. The quantitative estimate of drug-likeness (QED) is 0.584.